The molecule has 3 heterocycles. The number of aromatic amines is 1. The van der Waals surface area contributed by atoms with E-state index in [0.717, 1.165) is 38.0 Å². The number of benzene rings is 1. The van der Waals surface area contributed by atoms with Gasteiger partial charge in [0.15, 0.2) is 11.2 Å². The molecule has 8 heteroatoms. The molecular weight excluding hydrogens is 332 g/mol. The van der Waals surface area contributed by atoms with Crippen molar-refractivity contribution in [3.8, 4) is 0 Å². The molecule has 8 nitrogen and oxygen atoms in total. The van der Waals surface area contributed by atoms with Gasteiger partial charge in [0.1, 0.15) is 12.1 Å². The van der Waals surface area contributed by atoms with Crippen molar-refractivity contribution in [2.75, 3.05) is 31.1 Å². The summed E-state index contributed by atoms with van der Waals surface area (Å²) in [6, 6.07) is 7.26. The molecule has 0 unspecified atom stereocenters. The van der Waals surface area contributed by atoms with Crippen LogP contribution in [0.5, 0.6) is 0 Å². The number of carbonyl (C=O) groups excluding carboxylic acids is 1. The van der Waals surface area contributed by atoms with Crippen molar-refractivity contribution in [2.24, 2.45) is 7.05 Å². The van der Waals surface area contributed by atoms with E-state index < -0.39 is 0 Å². The van der Waals surface area contributed by atoms with Gasteiger partial charge in [-0.1, -0.05) is 24.3 Å². The number of hydrogen-bond donors (Lipinski definition) is 2. The van der Waals surface area contributed by atoms with E-state index >= 15 is 0 Å². The van der Waals surface area contributed by atoms with Gasteiger partial charge >= 0.3 is 0 Å². The number of fused-ring (bicyclic) bond motifs is 1. The van der Waals surface area contributed by atoms with E-state index in [4.69, 9.17) is 0 Å². The normalized spacial score (nSPS) is 14.7. The second-order valence-corrected chi connectivity index (χ2v) is 6.42. The molecule has 1 aromatic carbocycles. The van der Waals surface area contributed by atoms with Crippen molar-refractivity contribution in [2.45, 2.75) is 6.42 Å². The monoisotopic (exact) mass is 352 g/mol. The van der Waals surface area contributed by atoms with E-state index in [1.54, 1.807) is 23.7 Å². The Labute approximate surface area is 149 Å². The van der Waals surface area contributed by atoms with Crippen LogP contribution in [0.15, 0.2) is 29.1 Å². The number of carbonyl (C=O) groups is 1. The minimum absolute atomic E-state index is 0.136. The maximum Gasteiger partial charge on any atom is 0.279 e. The van der Waals surface area contributed by atoms with E-state index in [9.17, 15) is 9.59 Å². The smallest absolute Gasteiger partial charge is 0.279 e. The Morgan fingerprint density at radius 1 is 1.15 bits per heavy atom. The molecular formula is C18H20N6O2. The molecule has 2 aromatic heterocycles. The molecule has 0 atom stereocenters. The van der Waals surface area contributed by atoms with E-state index in [1.807, 2.05) is 12.1 Å². The highest BCUT2D eigenvalue weighted by atomic mass is 16.1. The van der Waals surface area contributed by atoms with Crippen molar-refractivity contribution < 1.29 is 4.79 Å². The van der Waals surface area contributed by atoms with Gasteiger partial charge in [0, 0.05) is 45.2 Å². The van der Waals surface area contributed by atoms with Crippen molar-refractivity contribution in [3.63, 3.8) is 0 Å². The molecule has 4 rings (SSSR count). The predicted molar refractivity (Wildman–Crippen MR) is 98.8 cm³/mol. The average molecular weight is 352 g/mol. The maximum atomic E-state index is 12.7. The Bertz CT molecular complexity index is 999. The lowest BCUT2D eigenvalue weighted by atomic mass is 10.1. The number of aromatic nitrogens is 4. The third-order valence-electron chi connectivity index (χ3n) is 4.71. The first kappa shape index (κ1) is 16.5. The molecule has 1 aliphatic rings. The molecule has 0 amide bonds. The minimum Gasteiger partial charge on any atom is -0.340 e. The number of aldehydes is 1. The highest BCUT2D eigenvalue weighted by Gasteiger charge is 2.18. The van der Waals surface area contributed by atoms with Crippen LogP contribution in [0.2, 0.25) is 0 Å². The summed E-state index contributed by atoms with van der Waals surface area (Å²) in [6.07, 6.45) is 1.31. The number of nitrogens with zero attached hydrogens (tertiary/aromatic N) is 4. The van der Waals surface area contributed by atoms with Gasteiger partial charge in [-0.15, -0.1) is 0 Å². The van der Waals surface area contributed by atoms with Gasteiger partial charge in [0.05, 0.1) is 0 Å². The standard InChI is InChI=1S/C18H20N6O2/c1-23-14(10-12-2-4-13(11-25)5-3-12)20-16-15(17(23)26)21-18(22-16)24-8-6-19-7-9-24/h2-5,11,19H,6-10H2,1H3,(H,21,22). The van der Waals surface area contributed by atoms with Crippen molar-refractivity contribution >= 4 is 23.4 Å². The lowest BCUT2D eigenvalue weighted by Gasteiger charge is -2.26. The van der Waals surface area contributed by atoms with Crippen LogP contribution in [-0.2, 0) is 13.5 Å². The second-order valence-electron chi connectivity index (χ2n) is 6.42. The molecule has 26 heavy (non-hydrogen) atoms. The van der Waals surface area contributed by atoms with Crippen LogP contribution in [0.25, 0.3) is 11.2 Å². The van der Waals surface area contributed by atoms with Crippen LogP contribution < -0.4 is 15.8 Å². The summed E-state index contributed by atoms with van der Waals surface area (Å²) in [7, 11) is 1.72. The number of nitrogens with one attached hydrogen (secondary N) is 2. The molecule has 3 aromatic rings. The molecule has 0 spiro atoms. The Morgan fingerprint density at radius 3 is 2.58 bits per heavy atom. The third-order valence-corrected chi connectivity index (χ3v) is 4.71. The molecule has 1 saturated heterocycles. The van der Waals surface area contributed by atoms with Crippen LogP contribution in [0.4, 0.5) is 5.95 Å². The van der Waals surface area contributed by atoms with E-state index in [1.165, 1.54) is 0 Å². The Balaban J connectivity index is 1.69. The Hall–Kier alpha value is -3.00. The number of anilines is 1. The van der Waals surface area contributed by atoms with Gasteiger partial charge < -0.3 is 15.2 Å². The van der Waals surface area contributed by atoms with Crippen LogP contribution in [0.3, 0.4) is 0 Å². The molecule has 0 bridgehead atoms. The summed E-state index contributed by atoms with van der Waals surface area (Å²) < 4.78 is 1.55. The summed E-state index contributed by atoms with van der Waals surface area (Å²) >= 11 is 0. The lowest BCUT2D eigenvalue weighted by Crippen LogP contribution is -2.44. The molecule has 0 saturated carbocycles. The third kappa shape index (κ3) is 2.99. The minimum atomic E-state index is -0.136. The predicted octanol–water partition coefficient (Wildman–Crippen LogP) is 0.469. The molecule has 134 valence electrons. The first-order valence-corrected chi connectivity index (χ1v) is 8.61. The van der Waals surface area contributed by atoms with Crippen molar-refractivity contribution in [1.29, 1.82) is 0 Å². The lowest BCUT2D eigenvalue weighted by molar-refractivity contribution is 0.112. The van der Waals surface area contributed by atoms with Crippen LogP contribution in [0.1, 0.15) is 21.7 Å². The number of H-pyrrole nitrogens is 1. The summed E-state index contributed by atoms with van der Waals surface area (Å²) in [5, 5.41) is 3.30. The van der Waals surface area contributed by atoms with Gasteiger partial charge in [-0.25, -0.2) is 4.98 Å². The molecule has 0 aliphatic carbocycles. The summed E-state index contributed by atoms with van der Waals surface area (Å²) in [5.41, 5.74) is 2.35. The summed E-state index contributed by atoms with van der Waals surface area (Å²) in [6.45, 7) is 3.47. The summed E-state index contributed by atoms with van der Waals surface area (Å²) in [5.74, 6) is 1.33. The molecule has 2 N–H and O–H groups in total. The van der Waals surface area contributed by atoms with Gasteiger partial charge in [-0.3, -0.25) is 14.2 Å². The topological polar surface area (TPSA) is 95.9 Å². The fraction of sp³-hybridized carbons (Fsp3) is 0.333. The first-order valence-electron chi connectivity index (χ1n) is 8.61. The first-order chi connectivity index (χ1) is 12.7. The zero-order valence-electron chi connectivity index (χ0n) is 14.5. The number of rotatable bonds is 4. The number of hydrogen-bond acceptors (Lipinski definition) is 6. The maximum absolute atomic E-state index is 12.7. The van der Waals surface area contributed by atoms with Crippen molar-refractivity contribution in [3.05, 3.63) is 51.6 Å². The van der Waals surface area contributed by atoms with Crippen LogP contribution in [-0.4, -0.2) is 52.0 Å². The van der Waals surface area contributed by atoms with E-state index in [0.29, 0.717) is 34.9 Å². The largest absolute Gasteiger partial charge is 0.340 e. The fourth-order valence-electron chi connectivity index (χ4n) is 3.15. The second kappa shape index (κ2) is 6.72. The number of piperazine rings is 1. The Morgan fingerprint density at radius 2 is 1.88 bits per heavy atom. The highest BCUT2D eigenvalue weighted by Crippen LogP contribution is 2.15. The zero-order valence-corrected chi connectivity index (χ0v) is 14.5. The highest BCUT2D eigenvalue weighted by molar-refractivity contribution is 5.74. The van der Waals surface area contributed by atoms with Gasteiger partial charge in [0.25, 0.3) is 5.56 Å². The van der Waals surface area contributed by atoms with Gasteiger partial charge in [0.2, 0.25) is 5.95 Å². The van der Waals surface area contributed by atoms with Crippen LogP contribution >= 0.6 is 0 Å². The molecule has 1 fully saturated rings. The van der Waals surface area contributed by atoms with E-state index in [-0.39, 0.29) is 5.56 Å². The van der Waals surface area contributed by atoms with Gasteiger partial charge in [-0.05, 0) is 5.56 Å². The average Bonchev–Trinajstić information content (AvgIpc) is 3.11. The Kier molecular flexibility index (Phi) is 4.26. The molecule has 0 radical (unpaired) electrons. The SMILES string of the molecule is Cn1c(Cc2ccc(C=O)cc2)nc2nc(N3CCNCC3)[nH]c2c1=O. The number of imidazole rings is 1. The quantitative estimate of drug-likeness (QED) is 0.663. The van der Waals surface area contributed by atoms with Gasteiger partial charge in [-0.2, -0.15) is 4.98 Å². The fourth-order valence-corrected chi connectivity index (χ4v) is 3.15. The zero-order chi connectivity index (χ0) is 18.1. The van der Waals surface area contributed by atoms with Crippen LogP contribution in [0, 0.1) is 0 Å². The van der Waals surface area contributed by atoms with E-state index in [2.05, 4.69) is 25.2 Å². The summed E-state index contributed by atoms with van der Waals surface area (Å²) in [4.78, 5) is 37.9. The van der Waals surface area contributed by atoms with Crippen molar-refractivity contribution in [1.82, 2.24) is 24.8 Å². The molecule has 1 aliphatic heterocycles.